The van der Waals surface area contributed by atoms with Crippen molar-refractivity contribution in [2.75, 3.05) is 6.54 Å². The molecule has 1 rings (SSSR count). The van der Waals surface area contributed by atoms with Gasteiger partial charge in [0.05, 0.1) is 0 Å². The van der Waals surface area contributed by atoms with Gasteiger partial charge in [0.15, 0.2) is 0 Å². The number of amides is 1. The minimum Gasteiger partial charge on any atom is -0.349 e. The van der Waals surface area contributed by atoms with Crippen LogP contribution in [0.4, 0.5) is 0 Å². The van der Waals surface area contributed by atoms with Crippen LogP contribution in [-0.2, 0) is 16.0 Å². The minimum absolute atomic E-state index is 0.170. The molecule has 0 radical (unpaired) electrons. The van der Waals surface area contributed by atoms with Gasteiger partial charge >= 0.3 is 0 Å². The van der Waals surface area contributed by atoms with Crippen LogP contribution >= 0.6 is 0 Å². The quantitative estimate of drug-likeness (QED) is 0.731. The van der Waals surface area contributed by atoms with Crippen LogP contribution in [0.15, 0.2) is 30.3 Å². The third-order valence-electron chi connectivity index (χ3n) is 3.20. The highest BCUT2D eigenvalue weighted by Crippen LogP contribution is 2.08. The van der Waals surface area contributed by atoms with Crippen LogP contribution in [0, 0.1) is 5.92 Å². The fraction of sp³-hybridized carbons (Fsp3) is 0.500. The number of rotatable bonds is 8. The van der Waals surface area contributed by atoms with Gasteiger partial charge in [0.1, 0.15) is 0 Å². The molecule has 19 heavy (non-hydrogen) atoms. The van der Waals surface area contributed by atoms with Crippen molar-refractivity contribution in [2.45, 2.75) is 39.5 Å². The molecule has 1 amide bonds. The highest BCUT2D eigenvalue weighted by atomic mass is 16.2. The molecule has 3 heteroatoms. The number of carbonyl (C=O) groups excluding carboxylic acids is 2. The highest BCUT2D eigenvalue weighted by Gasteiger charge is 2.19. The highest BCUT2D eigenvalue weighted by molar-refractivity contribution is 6.36. The maximum Gasteiger partial charge on any atom is 0.287 e. The summed E-state index contributed by atoms with van der Waals surface area (Å²) in [5, 5.41) is 2.70. The standard InChI is InChI=1S/C16H23NO2/c1-3-4-8-13(2)15(18)16(19)17-12-11-14-9-6-5-7-10-14/h5-7,9-10,13H,3-4,8,11-12H2,1-2H3,(H,17,19). The van der Waals surface area contributed by atoms with E-state index in [4.69, 9.17) is 0 Å². The molecular formula is C16H23NO2. The van der Waals surface area contributed by atoms with Gasteiger partial charge in [0.25, 0.3) is 5.91 Å². The molecular weight excluding hydrogens is 238 g/mol. The van der Waals surface area contributed by atoms with Gasteiger partial charge < -0.3 is 5.32 Å². The van der Waals surface area contributed by atoms with Crippen LogP contribution in [-0.4, -0.2) is 18.2 Å². The van der Waals surface area contributed by atoms with Gasteiger partial charge in [-0.1, -0.05) is 57.0 Å². The lowest BCUT2D eigenvalue weighted by atomic mass is 9.99. The van der Waals surface area contributed by atoms with Crippen molar-refractivity contribution in [1.82, 2.24) is 5.32 Å². The number of hydrogen-bond donors (Lipinski definition) is 1. The second-order valence-corrected chi connectivity index (χ2v) is 4.90. The Bertz CT molecular complexity index is 400. The van der Waals surface area contributed by atoms with Gasteiger partial charge in [-0.05, 0) is 18.4 Å². The van der Waals surface area contributed by atoms with Crippen LogP contribution in [0.3, 0.4) is 0 Å². The molecule has 1 unspecified atom stereocenters. The van der Waals surface area contributed by atoms with Crippen molar-refractivity contribution in [3.8, 4) is 0 Å². The van der Waals surface area contributed by atoms with E-state index in [0.717, 1.165) is 31.2 Å². The third-order valence-corrected chi connectivity index (χ3v) is 3.20. The Labute approximate surface area is 115 Å². The number of unbranched alkanes of at least 4 members (excludes halogenated alkanes) is 1. The van der Waals surface area contributed by atoms with Crippen molar-refractivity contribution in [3.05, 3.63) is 35.9 Å². The first-order chi connectivity index (χ1) is 9.15. The van der Waals surface area contributed by atoms with Gasteiger partial charge in [0, 0.05) is 12.5 Å². The lowest BCUT2D eigenvalue weighted by molar-refractivity contribution is -0.140. The summed E-state index contributed by atoms with van der Waals surface area (Å²) in [4.78, 5) is 23.5. The summed E-state index contributed by atoms with van der Waals surface area (Å²) in [6.45, 7) is 4.42. The van der Waals surface area contributed by atoms with E-state index in [1.807, 2.05) is 37.3 Å². The van der Waals surface area contributed by atoms with Crippen LogP contribution in [0.5, 0.6) is 0 Å². The fourth-order valence-electron chi connectivity index (χ4n) is 1.92. The van der Waals surface area contributed by atoms with Crippen LogP contribution in [0.1, 0.15) is 38.7 Å². The molecule has 104 valence electrons. The van der Waals surface area contributed by atoms with E-state index in [0.29, 0.717) is 6.54 Å². The molecule has 1 aromatic rings. The second kappa shape index (κ2) is 8.46. The number of ketones is 1. The average molecular weight is 261 g/mol. The summed E-state index contributed by atoms with van der Waals surface area (Å²) in [5.74, 6) is -0.905. The molecule has 1 atom stereocenters. The van der Waals surface area contributed by atoms with Crippen molar-refractivity contribution >= 4 is 11.7 Å². The van der Waals surface area contributed by atoms with Crippen molar-refractivity contribution in [2.24, 2.45) is 5.92 Å². The minimum atomic E-state index is -0.445. The average Bonchev–Trinajstić information content (AvgIpc) is 2.44. The summed E-state index contributed by atoms with van der Waals surface area (Å²) >= 11 is 0. The fourth-order valence-corrected chi connectivity index (χ4v) is 1.92. The van der Waals surface area contributed by atoms with E-state index in [9.17, 15) is 9.59 Å². The molecule has 0 bridgehead atoms. The SMILES string of the molecule is CCCCC(C)C(=O)C(=O)NCCc1ccccc1. The summed E-state index contributed by atoms with van der Waals surface area (Å²) in [6.07, 6.45) is 3.59. The second-order valence-electron chi connectivity index (χ2n) is 4.90. The lowest BCUT2D eigenvalue weighted by Crippen LogP contribution is -2.35. The number of hydrogen-bond acceptors (Lipinski definition) is 2. The van der Waals surface area contributed by atoms with Crippen molar-refractivity contribution in [3.63, 3.8) is 0 Å². The predicted octanol–water partition coefficient (Wildman–Crippen LogP) is 2.74. The lowest BCUT2D eigenvalue weighted by Gasteiger charge is -2.10. The summed E-state index contributed by atoms with van der Waals surface area (Å²) < 4.78 is 0. The third kappa shape index (κ3) is 5.69. The molecule has 3 nitrogen and oxygen atoms in total. The molecule has 0 spiro atoms. The Morgan fingerprint density at radius 1 is 1.21 bits per heavy atom. The van der Waals surface area contributed by atoms with Gasteiger partial charge in [-0.15, -0.1) is 0 Å². The maximum atomic E-state index is 11.8. The Morgan fingerprint density at radius 2 is 1.89 bits per heavy atom. The maximum absolute atomic E-state index is 11.8. The van der Waals surface area contributed by atoms with Crippen molar-refractivity contribution in [1.29, 1.82) is 0 Å². The zero-order valence-electron chi connectivity index (χ0n) is 11.8. The van der Waals surface area contributed by atoms with Gasteiger partial charge in [-0.3, -0.25) is 9.59 Å². The first-order valence-corrected chi connectivity index (χ1v) is 7.01. The molecule has 1 aromatic carbocycles. The summed E-state index contributed by atoms with van der Waals surface area (Å²) in [6, 6.07) is 9.92. The monoisotopic (exact) mass is 261 g/mol. The first-order valence-electron chi connectivity index (χ1n) is 7.01. The molecule has 0 aliphatic rings. The Hall–Kier alpha value is -1.64. The zero-order chi connectivity index (χ0) is 14.1. The van der Waals surface area contributed by atoms with Gasteiger partial charge in [0.2, 0.25) is 5.78 Å². The number of Topliss-reactive ketones (excluding diaryl/α,β-unsaturated/α-hetero) is 1. The molecule has 0 aromatic heterocycles. The summed E-state index contributed by atoms with van der Waals surface area (Å²) in [5.41, 5.74) is 1.16. The van der Waals surface area contributed by atoms with E-state index in [-0.39, 0.29) is 11.7 Å². The van der Waals surface area contributed by atoms with E-state index in [1.165, 1.54) is 0 Å². The molecule has 0 saturated carbocycles. The van der Waals surface area contributed by atoms with Gasteiger partial charge in [-0.2, -0.15) is 0 Å². The normalized spacial score (nSPS) is 11.9. The molecule has 0 aliphatic heterocycles. The summed E-state index contributed by atoms with van der Waals surface area (Å²) in [7, 11) is 0. The van der Waals surface area contributed by atoms with E-state index < -0.39 is 5.91 Å². The smallest absolute Gasteiger partial charge is 0.287 e. The van der Waals surface area contributed by atoms with Gasteiger partial charge in [-0.25, -0.2) is 0 Å². The largest absolute Gasteiger partial charge is 0.349 e. The van der Waals surface area contributed by atoms with E-state index >= 15 is 0 Å². The van der Waals surface area contributed by atoms with Crippen molar-refractivity contribution < 1.29 is 9.59 Å². The van der Waals surface area contributed by atoms with E-state index in [2.05, 4.69) is 12.2 Å². The molecule has 0 aliphatic carbocycles. The Kier molecular flexibility index (Phi) is 6.86. The number of nitrogens with one attached hydrogen (secondary N) is 1. The number of carbonyl (C=O) groups is 2. The Morgan fingerprint density at radius 3 is 2.53 bits per heavy atom. The zero-order valence-corrected chi connectivity index (χ0v) is 11.8. The van der Waals surface area contributed by atoms with Crippen LogP contribution in [0.25, 0.3) is 0 Å². The van der Waals surface area contributed by atoms with Crippen LogP contribution < -0.4 is 5.32 Å². The Balaban J connectivity index is 2.29. The predicted molar refractivity (Wildman–Crippen MR) is 76.9 cm³/mol. The molecule has 0 saturated heterocycles. The topological polar surface area (TPSA) is 46.2 Å². The molecule has 0 fully saturated rings. The molecule has 0 heterocycles. The van der Waals surface area contributed by atoms with E-state index in [1.54, 1.807) is 0 Å². The number of benzene rings is 1. The first kappa shape index (κ1) is 15.4. The molecule has 1 N–H and O–H groups in total. The van der Waals surface area contributed by atoms with Crippen LogP contribution in [0.2, 0.25) is 0 Å².